The summed E-state index contributed by atoms with van der Waals surface area (Å²) in [5.41, 5.74) is 1.83. The van der Waals surface area contributed by atoms with Crippen LogP contribution in [0.2, 0.25) is 0 Å². The Morgan fingerprint density at radius 2 is 1.84 bits per heavy atom. The van der Waals surface area contributed by atoms with Crippen molar-refractivity contribution in [2.45, 2.75) is 31.7 Å². The van der Waals surface area contributed by atoms with E-state index in [2.05, 4.69) is 20.8 Å². The maximum atomic E-state index is 12.5. The predicted molar refractivity (Wildman–Crippen MR) is 113 cm³/mol. The number of rotatable bonds is 9. The van der Waals surface area contributed by atoms with Crippen LogP contribution >= 0.6 is 0 Å². The van der Waals surface area contributed by atoms with E-state index in [1.165, 1.54) is 4.90 Å². The molecule has 1 unspecified atom stereocenters. The van der Waals surface area contributed by atoms with Crippen LogP contribution in [0.1, 0.15) is 24.2 Å². The quantitative estimate of drug-likeness (QED) is 0.401. The van der Waals surface area contributed by atoms with Crippen molar-refractivity contribution in [1.29, 1.82) is 0 Å². The van der Waals surface area contributed by atoms with Crippen molar-refractivity contribution in [1.82, 2.24) is 30.1 Å². The van der Waals surface area contributed by atoms with Crippen LogP contribution in [0, 0.1) is 0 Å². The van der Waals surface area contributed by atoms with Crippen molar-refractivity contribution in [3.05, 3.63) is 66.1 Å². The Hall–Kier alpha value is -3.75. The third-order valence-corrected chi connectivity index (χ3v) is 5.25. The van der Waals surface area contributed by atoms with Crippen LogP contribution in [-0.2, 0) is 22.4 Å². The number of carbonyl (C=O) groups is 3. The monoisotopic (exact) mass is 420 g/mol. The molecule has 1 aromatic carbocycles. The topological polar surface area (TPSA) is 109 Å². The highest BCUT2D eigenvalue weighted by Gasteiger charge is 2.38. The summed E-state index contributed by atoms with van der Waals surface area (Å²) in [5, 5.41) is 13.7. The van der Waals surface area contributed by atoms with E-state index in [0.717, 1.165) is 17.0 Å². The molecule has 2 aromatic heterocycles. The zero-order valence-corrected chi connectivity index (χ0v) is 17.0. The SMILES string of the molecule is O=C(CC1NC(=O)N(CCc2ccccc2)C1=O)NCCCc1nnc2ccccn12. The standard InChI is InChI=1S/C22H24N6O3/c29-20(23-12-6-10-19-26-25-18-9-4-5-13-27(18)19)15-17-21(30)28(22(31)24-17)14-11-16-7-2-1-3-8-16/h1-5,7-9,13,17H,6,10-12,14-15H2,(H,23,29)(H,24,31). The number of nitrogens with one attached hydrogen (secondary N) is 2. The lowest BCUT2D eigenvalue weighted by Gasteiger charge is -2.13. The van der Waals surface area contributed by atoms with Crippen LogP contribution in [0.3, 0.4) is 0 Å². The number of imide groups is 1. The van der Waals surface area contributed by atoms with Gasteiger partial charge in [-0.15, -0.1) is 10.2 Å². The molecule has 160 valence electrons. The summed E-state index contributed by atoms with van der Waals surface area (Å²) in [6.07, 6.45) is 3.77. The molecule has 0 spiro atoms. The molecular formula is C22H24N6O3. The minimum Gasteiger partial charge on any atom is -0.356 e. The third kappa shape index (κ3) is 4.88. The second-order valence-electron chi connectivity index (χ2n) is 7.43. The summed E-state index contributed by atoms with van der Waals surface area (Å²) in [4.78, 5) is 38.1. The molecule has 4 rings (SSSR count). The summed E-state index contributed by atoms with van der Waals surface area (Å²) >= 11 is 0. The van der Waals surface area contributed by atoms with Gasteiger partial charge in [0.05, 0.1) is 6.42 Å². The first-order valence-electron chi connectivity index (χ1n) is 10.3. The van der Waals surface area contributed by atoms with Crippen LogP contribution in [0.25, 0.3) is 5.65 Å². The van der Waals surface area contributed by atoms with E-state index in [-0.39, 0.29) is 18.2 Å². The van der Waals surface area contributed by atoms with Gasteiger partial charge in [0.1, 0.15) is 11.9 Å². The molecule has 2 N–H and O–H groups in total. The van der Waals surface area contributed by atoms with E-state index in [4.69, 9.17) is 0 Å². The average molecular weight is 420 g/mol. The van der Waals surface area contributed by atoms with Gasteiger partial charge in [-0.1, -0.05) is 36.4 Å². The lowest BCUT2D eigenvalue weighted by molar-refractivity contribution is -0.130. The third-order valence-electron chi connectivity index (χ3n) is 5.25. The molecule has 0 bridgehead atoms. The zero-order valence-electron chi connectivity index (χ0n) is 17.0. The van der Waals surface area contributed by atoms with Crippen molar-refractivity contribution in [2.24, 2.45) is 0 Å². The number of pyridine rings is 1. The van der Waals surface area contributed by atoms with Crippen molar-refractivity contribution < 1.29 is 14.4 Å². The summed E-state index contributed by atoms with van der Waals surface area (Å²) in [5.74, 6) is 0.206. The fraction of sp³-hybridized carbons (Fsp3) is 0.318. The second-order valence-corrected chi connectivity index (χ2v) is 7.43. The van der Waals surface area contributed by atoms with Gasteiger partial charge in [-0.05, 0) is 30.5 Å². The number of carbonyl (C=O) groups excluding carboxylic acids is 3. The molecule has 9 heteroatoms. The Morgan fingerprint density at radius 1 is 1.03 bits per heavy atom. The molecule has 4 amide bonds. The summed E-state index contributed by atoms with van der Waals surface area (Å²) < 4.78 is 1.92. The van der Waals surface area contributed by atoms with Gasteiger partial charge in [-0.3, -0.25) is 18.9 Å². The number of aryl methyl sites for hydroxylation is 1. The van der Waals surface area contributed by atoms with Crippen molar-refractivity contribution in [3.8, 4) is 0 Å². The summed E-state index contributed by atoms with van der Waals surface area (Å²) in [6, 6.07) is 14.1. The number of benzene rings is 1. The first-order valence-corrected chi connectivity index (χ1v) is 10.3. The Balaban J connectivity index is 1.20. The maximum absolute atomic E-state index is 12.5. The van der Waals surface area contributed by atoms with Gasteiger partial charge in [-0.2, -0.15) is 0 Å². The summed E-state index contributed by atoms with van der Waals surface area (Å²) in [6.45, 7) is 0.742. The lowest BCUT2D eigenvalue weighted by Crippen LogP contribution is -2.37. The average Bonchev–Trinajstić information content (AvgIpc) is 3.31. The van der Waals surface area contributed by atoms with E-state index in [9.17, 15) is 14.4 Å². The van der Waals surface area contributed by atoms with Gasteiger partial charge in [0.15, 0.2) is 5.65 Å². The number of amides is 4. The molecule has 31 heavy (non-hydrogen) atoms. The molecular weight excluding hydrogens is 396 g/mol. The molecule has 0 radical (unpaired) electrons. The van der Waals surface area contributed by atoms with E-state index >= 15 is 0 Å². The van der Waals surface area contributed by atoms with E-state index in [1.807, 2.05) is 59.1 Å². The van der Waals surface area contributed by atoms with Gasteiger partial charge in [0, 0.05) is 25.7 Å². The smallest absolute Gasteiger partial charge is 0.324 e. The number of nitrogens with zero attached hydrogens (tertiary/aromatic N) is 4. The number of urea groups is 1. The first-order chi connectivity index (χ1) is 15.1. The highest BCUT2D eigenvalue weighted by Crippen LogP contribution is 2.11. The fourth-order valence-electron chi connectivity index (χ4n) is 3.61. The molecule has 1 fully saturated rings. The molecule has 1 saturated heterocycles. The second kappa shape index (κ2) is 9.38. The largest absolute Gasteiger partial charge is 0.356 e. The van der Waals surface area contributed by atoms with Crippen LogP contribution in [-0.4, -0.2) is 56.5 Å². The molecule has 9 nitrogen and oxygen atoms in total. The van der Waals surface area contributed by atoms with E-state index in [1.54, 1.807) is 0 Å². The number of hydrogen-bond donors (Lipinski definition) is 2. The van der Waals surface area contributed by atoms with Crippen LogP contribution < -0.4 is 10.6 Å². The van der Waals surface area contributed by atoms with Gasteiger partial charge in [-0.25, -0.2) is 4.79 Å². The highest BCUT2D eigenvalue weighted by atomic mass is 16.2. The van der Waals surface area contributed by atoms with Crippen molar-refractivity contribution >= 4 is 23.5 Å². The number of fused-ring (bicyclic) bond motifs is 1. The van der Waals surface area contributed by atoms with E-state index in [0.29, 0.717) is 32.4 Å². The number of hydrogen-bond acceptors (Lipinski definition) is 5. The molecule has 1 atom stereocenters. The minimum atomic E-state index is -0.816. The molecule has 1 aliphatic rings. The van der Waals surface area contributed by atoms with Gasteiger partial charge < -0.3 is 10.6 Å². The maximum Gasteiger partial charge on any atom is 0.324 e. The Morgan fingerprint density at radius 3 is 2.68 bits per heavy atom. The lowest BCUT2D eigenvalue weighted by atomic mass is 10.1. The van der Waals surface area contributed by atoms with Crippen molar-refractivity contribution in [2.75, 3.05) is 13.1 Å². The zero-order chi connectivity index (χ0) is 21.6. The van der Waals surface area contributed by atoms with Gasteiger partial charge in [0.25, 0.3) is 5.91 Å². The van der Waals surface area contributed by atoms with Crippen LogP contribution in [0.15, 0.2) is 54.7 Å². The molecule has 3 aromatic rings. The molecule has 1 aliphatic heterocycles. The Labute approximate surface area is 179 Å². The van der Waals surface area contributed by atoms with Crippen molar-refractivity contribution in [3.63, 3.8) is 0 Å². The summed E-state index contributed by atoms with van der Waals surface area (Å²) in [7, 11) is 0. The van der Waals surface area contributed by atoms with Gasteiger partial charge >= 0.3 is 6.03 Å². The van der Waals surface area contributed by atoms with E-state index < -0.39 is 12.1 Å². The molecule has 3 heterocycles. The van der Waals surface area contributed by atoms with Crippen LogP contribution in [0.5, 0.6) is 0 Å². The highest BCUT2D eigenvalue weighted by molar-refractivity contribution is 6.05. The molecule has 0 saturated carbocycles. The van der Waals surface area contributed by atoms with Gasteiger partial charge in [0.2, 0.25) is 5.91 Å². The first kappa shape index (κ1) is 20.5. The normalized spacial score (nSPS) is 16.0. The van der Waals surface area contributed by atoms with Crippen LogP contribution in [0.4, 0.5) is 4.79 Å². The predicted octanol–water partition coefficient (Wildman–Crippen LogP) is 1.33. The Kier molecular flexibility index (Phi) is 6.21. The minimum absolute atomic E-state index is 0.0692. The fourth-order valence-corrected chi connectivity index (χ4v) is 3.61. The molecule has 0 aliphatic carbocycles. The number of aromatic nitrogens is 3. The Bertz CT molecular complexity index is 1080.